The predicted octanol–water partition coefficient (Wildman–Crippen LogP) is 6.22. The maximum absolute atomic E-state index is 14.0. The Kier molecular flexibility index (Phi) is 9.26. The normalized spacial score (nSPS) is 14.4. The average molecular weight is 619 g/mol. The van der Waals surface area contributed by atoms with Crippen LogP contribution in [0.15, 0.2) is 114 Å². The van der Waals surface area contributed by atoms with Crippen LogP contribution >= 0.6 is 11.8 Å². The third-order valence-corrected chi connectivity index (χ3v) is 9.51. The Morgan fingerprint density at radius 3 is 2.18 bits per heavy atom. The lowest BCUT2D eigenvalue weighted by molar-refractivity contribution is -0.134. The maximum Gasteiger partial charge on any atom is 0.338 e. The molecule has 0 aliphatic carbocycles. The van der Waals surface area contributed by atoms with E-state index >= 15 is 0 Å². The van der Waals surface area contributed by atoms with Gasteiger partial charge in [0.2, 0.25) is 5.91 Å². The van der Waals surface area contributed by atoms with Gasteiger partial charge in [0.05, 0.1) is 5.56 Å². The summed E-state index contributed by atoms with van der Waals surface area (Å²) in [7, 11) is 0. The van der Waals surface area contributed by atoms with Crippen molar-refractivity contribution in [1.82, 2.24) is 20.2 Å². The lowest BCUT2D eigenvalue weighted by Gasteiger charge is -2.38. The minimum absolute atomic E-state index is 0.0596. The van der Waals surface area contributed by atoms with Crippen molar-refractivity contribution in [2.75, 3.05) is 18.8 Å². The van der Waals surface area contributed by atoms with Gasteiger partial charge < -0.3 is 20.3 Å². The number of carboxylic acids is 1. The third-order valence-electron chi connectivity index (χ3n) is 8.41. The molecule has 9 heteroatoms. The molecule has 1 fully saturated rings. The molecule has 1 aliphatic heterocycles. The number of hydrogen-bond donors (Lipinski definition) is 3. The number of carbonyl (C=O) groups is 3. The number of likely N-dealkylation sites (tertiary alicyclic amines) is 1. The number of carbonyl (C=O) groups excluding carboxylic acids is 2. The second kappa shape index (κ2) is 13.8. The van der Waals surface area contributed by atoms with E-state index in [0.29, 0.717) is 29.7 Å². The molecule has 3 aromatic carbocycles. The number of nitrogens with zero attached hydrogens (tertiary/aromatic N) is 2. The lowest BCUT2D eigenvalue weighted by atomic mass is 9.76. The number of thioether (sulfide) groups is 1. The van der Waals surface area contributed by atoms with Crippen molar-refractivity contribution >= 4 is 40.4 Å². The first-order valence-electron chi connectivity index (χ1n) is 15.1. The van der Waals surface area contributed by atoms with Crippen molar-refractivity contribution in [3.05, 3.63) is 132 Å². The summed E-state index contributed by atoms with van der Waals surface area (Å²) in [5.74, 6) is -0.972. The Morgan fingerprint density at radius 2 is 1.53 bits per heavy atom. The fourth-order valence-corrected chi connectivity index (χ4v) is 7.17. The largest absolute Gasteiger partial charge is 0.478 e. The Balaban J connectivity index is 1.20. The van der Waals surface area contributed by atoms with Gasteiger partial charge in [-0.3, -0.25) is 9.59 Å². The van der Waals surface area contributed by atoms with Gasteiger partial charge in [0, 0.05) is 41.9 Å². The van der Waals surface area contributed by atoms with E-state index in [-0.39, 0.29) is 23.1 Å². The second-order valence-corrected chi connectivity index (χ2v) is 12.2. The van der Waals surface area contributed by atoms with Gasteiger partial charge in [0.15, 0.2) is 0 Å². The molecule has 0 radical (unpaired) electrons. The number of para-hydroxylation sites is 1. The van der Waals surface area contributed by atoms with E-state index in [2.05, 4.69) is 63.8 Å². The predicted molar refractivity (Wildman–Crippen MR) is 176 cm³/mol. The summed E-state index contributed by atoms with van der Waals surface area (Å²) in [5, 5.41) is 13.8. The van der Waals surface area contributed by atoms with E-state index in [0.717, 1.165) is 35.5 Å². The van der Waals surface area contributed by atoms with E-state index in [9.17, 15) is 19.5 Å². The molecule has 6 rings (SSSR count). The molecule has 2 aromatic heterocycles. The van der Waals surface area contributed by atoms with Crippen LogP contribution in [-0.2, 0) is 4.79 Å². The lowest BCUT2D eigenvalue weighted by Crippen LogP contribution is -2.52. The summed E-state index contributed by atoms with van der Waals surface area (Å²) < 4.78 is 0. The number of carboxylic acid groups (broad SMARTS) is 1. The summed E-state index contributed by atoms with van der Waals surface area (Å²) in [6.07, 6.45) is 3.16. The van der Waals surface area contributed by atoms with Gasteiger partial charge in [-0.25, -0.2) is 9.78 Å². The van der Waals surface area contributed by atoms with Crippen LogP contribution in [0.1, 0.15) is 50.7 Å². The van der Waals surface area contributed by atoms with Crippen molar-refractivity contribution in [3.63, 3.8) is 0 Å². The van der Waals surface area contributed by atoms with Gasteiger partial charge in [0.1, 0.15) is 16.8 Å². The van der Waals surface area contributed by atoms with Crippen LogP contribution in [0.4, 0.5) is 0 Å². The van der Waals surface area contributed by atoms with E-state index in [1.165, 1.54) is 23.4 Å². The molecule has 1 atom stereocenters. The van der Waals surface area contributed by atoms with Crippen molar-refractivity contribution in [3.8, 4) is 0 Å². The van der Waals surface area contributed by atoms with Gasteiger partial charge >= 0.3 is 5.97 Å². The number of aromatic carboxylic acids is 1. The van der Waals surface area contributed by atoms with E-state index in [1.807, 2.05) is 41.3 Å². The molecule has 1 saturated heterocycles. The zero-order chi connectivity index (χ0) is 31.2. The van der Waals surface area contributed by atoms with Crippen LogP contribution in [-0.4, -0.2) is 62.6 Å². The Bertz CT molecular complexity index is 1710. The number of rotatable bonds is 10. The van der Waals surface area contributed by atoms with Crippen molar-refractivity contribution in [1.29, 1.82) is 0 Å². The average Bonchev–Trinajstić information content (AvgIpc) is 3.53. The fourth-order valence-electron chi connectivity index (χ4n) is 6.17. The first kappa shape index (κ1) is 30.1. The number of nitrogens with one attached hydrogen (secondary N) is 2. The number of benzene rings is 3. The molecule has 228 valence electrons. The molecular formula is C36H34N4O4S. The Hall–Kier alpha value is -4.89. The quantitative estimate of drug-likeness (QED) is 0.160. The number of aromatic nitrogens is 2. The molecule has 0 spiro atoms. The maximum atomic E-state index is 14.0. The van der Waals surface area contributed by atoms with Crippen LogP contribution in [0.2, 0.25) is 0 Å². The summed E-state index contributed by atoms with van der Waals surface area (Å²) in [6, 6.07) is 32.5. The standard InChI is InChI=1S/C36H34N4O4S/c41-33(30-22-27-14-7-8-16-29(27)38-30)39-31(23-45-34-28(36(43)44)15-9-19-37-34)35(42)40-20-17-26(18-21-40)32(24-10-3-1-4-11-24)25-12-5-2-6-13-25/h1-16,19,22,26,31-32,38H,17-18,20-21,23H2,(H,39,41)(H,43,44). The highest BCUT2D eigenvalue weighted by molar-refractivity contribution is 7.99. The van der Waals surface area contributed by atoms with Crippen LogP contribution in [0, 0.1) is 5.92 Å². The molecule has 5 aromatic rings. The first-order valence-corrected chi connectivity index (χ1v) is 16.0. The van der Waals surface area contributed by atoms with E-state index < -0.39 is 17.9 Å². The number of hydrogen-bond acceptors (Lipinski definition) is 5. The molecule has 2 amide bonds. The SMILES string of the molecule is O=C(NC(CSc1ncccc1C(=O)O)C(=O)N1CCC(C(c2ccccc2)c2ccccc2)CC1)c1cc2ccccc2[nH]1. The third kappa shape index (κ3) is 6.94. The molecular weight excluding hydrogens is 584 g/mol. The smallest absolute Gasteiger partial charge is 0.338 e. The molecule has 3 N–H and O–H groups in total. The number of aromatic amines is 1. The van der Waals surface area contributed by atoms with Crippen LogP contribution in [0.3, 0.4) is 0 Å². The second-order valence-electron chi connectivity index (χ2n) is 11.2. The highest BCUT2D eigenvalue weighted by Crippen LogP contribution is 2.38. The Labute approximate surface area is 265 Å². The van der Waals surface area contributed by atoms with E-state index in [4.69, 9.17) is 0 Å². The van der Waals surface area contributed by atoms with Crippen LogP contribution in [0.25, 0.3) is 10.9 Å². The zero-order valence-electron chi connectivity index (χ0n) is 24.6. The van der Waals surface area contributed by atoms with Crippen molar-refractivity contribution < 1.29 is 19.5 Å². The van der Waals surface area contributed by atoms with Gasteiger partial charge in [-0.2, -0.15) is 0 Å². The molecule has 1 unspecified atom stereocenters. The minimum Gasteiger partial charge on any atom is -0.478 e. The zero-order valence-corrected chi connectivity index (χ0v) is 25.5. The molecule has 0 saturated carbocycles. The van der Waals surface area contributed by atoms with Crippen LogP contribution in [0.5, 0.6) is 0 Å². The van der Waals surface area contributed by atoms with Gasteiger partial charge in [-0.05, 0) is 54.2 Å². The van der Waals surface area contributed by atoms with Crippen molar-refractivity contribution in [2.45, 2.75) is 29.8 Å². The number of piperidine rings is 1. The van der Waals surface area contributed by atoms with Gasteiger partial charge in [-0.15, -0.1) is 11.8 Å². The highest BCUT2D eigenvalue weighted by Gasteiger charge is 2.34. The highest BCUT2D eigenvalue weighted by atomic mass is 32.2. The summed E-state index contributed by atoms with van der Waals surface area (Å²) >= 11 is 1.15. The monoisotopic (exact) mass is 618 g/mol. The molecule has 3 heterocycles. The first-order chi connectivity index (χ1) is 22.0. The topological polar surface area (TPSA) is 115 Å². The summed E-state index contributed by atoms with van der Waals surface area (Å²) in [4.78, 5) is 48.4. The van der Waals surface area contributed by atoms with E-state index in [1.54, 1.807) is 12.1 Å². The van der Waals surface area contributed by atoms with Crippen LogP contribution < -0.4 is 5.32 Å². The number of amides is 2. The molecule has 45 heavy (non-hydrogen) atoms. The molecule has 0 bridgehead atoms. The summed E-state index contributed by atoms with van der Waals surface area (Å²) in [6.45, 7) is 1.13. The number of fused-ring (bicyclic) bond motifs is 1. The molecule has 8 nitrogen and oxygen atoms in total. The van der Waals surface area contributed by atoms with Gasteiger partial charge in [0.25, 0.3) is 5.91 Å². The summed E-state index contributed by atoms with van der Waals surface area (Å²) in [5.41, 5.74) is 3.77. The number of pyridine rings is 1. The minimum atomic E-state index is -1.09. The molecule has 1 aliphatic rings. The Morgan fingerprint density at radius 1 is 0.889 bits per heavy atom. The van der Waals surface area contributed by atoms with Crippen molar-refractivity contribution in [2.24, 2.45) is 5.92 Å². The van der Waals surface area contributed by atoms with Gasteiger partial charge in [-0.1, -0.05) is 78.9 Å². The fraction of sp³-hybridized carbons (Fsp3) is 0.222. The number of H-pyrrole nitrogens is 1.